The summed E-state index contributed by atoms with van der Waals surface area (Å²) in [6.07, 6.45) is 3.80. The van der Waals surface area contributed by atoms with Crippen LogP contribution in [0.2, 0.25) is 5.02 Å². The summed E-state index contributed by atoms with van der Waals surface area (Å²) < 4.78 is 5.13. The molecule has 0 spiro atoms. The molecule has 1 N–H and O–H groups in total. The van der Waals surface area contributed by atoms with Gasteiger partial charge in [0.2, 0.25) is 0 Å². The van der Waals surface area contributed by atoms with Crippen LogP contribution in [0.3, 0.4) is 0 Å². The Labute approximate surface area is 133 Å². The Kier molecular flexibility index (Phi) is 3.98. The second-order valence-electron chi connectivity index (χ2n) is 4.81. The van der Waals surface area contributed by atoms with Gasteiger partial charge in [-0.15, -0.1) is 0 Å². The van der Waals surface area contributed by atoms with Gasteiger partial charge in [-0.2, -0.15) is 0 Å². The second kappa shape index (κ2) is 6.08. The first kappa shape index (κ1) is 14.4. The van der Waals surface area contributed by atoms with Gasteiger partial charge in [0.15, 0.2) is 0 Å². The minimum atomic E-state index is 0.181. The highest BCUT2D eigenvalue weighted by atomic mass is 35.5. The first-order valence-electron chi connectivity index (χ1n) is 6.78. The zero-order valence-electron chi connectivity index (χ0n) is 12.0. The third kappa shape index (κ3) is 2.90. The number of aromatic nitrogens is 1. The molecule has 22 heavy (non-hydrogen) atoms. The zero-order valence-corrected chi connectivity index (χ0v) is 12.7. The fourth-order valence-corrected chi connectivity index (χ4v) is 2.47. The first-order chi connectivity index (χ1) is 10.7. The SMILES string of the molecule is COc1ccc(C=Cc2ccc3cccc(O)c3n2)cc1Cl. The number of benzene rings is 2. The van der Waals surface area contributed by atoms with Crippen molar-refractivity contribution < 1.29 is 9.84 Å². The van der Waals surface area contributed by atoms with E-state index in [1.165, 1.54) is 0 Å². The fraction of sp³-hybridized carbons (Fsp3) is 0.0556. The third-order valence-electron chi connectivity index (χ3n) is 3.34. The molecule has 0 atom stereocenters. The van der Waals surface area contributed by atoms with Gasteiger partial charge in [-0.3, -0.25) is 0 Å². The van der Waals surface area contributed by atoms with E-state index in [1.54, 1.807) is 19.2 Å². The molecule has 110 valence electrons. The van der Waals surface area contributed by atoms with Crippen molar-refractivity contribution in [1.29, 1.82) is 0 Å². The summed E-state index contributed by atoms with van der Waals surface area (Å²) in [6, 6.07) is 14.8. The first-order valence-corrected chi connectivity index (χ1v) is 7.15. The topological polar surface area (TPSA) is 42.4 Å². The van der Waals surface area contributed by atoms with Crippen molar-refractivity contribution in [2.75, 3.05) is 7.11 Å². The second-order valence-corrected chi connectivity index (χ2v) is 5.22. The molecule has 0 aliphatic rings. The Bertz CT molecular complexity index is 859. The number of phenolic OH excluding ortho intramolecular Hbond substituents is 1. The summed E-state index contributed by atoms with van der Waals surface area (Å²) in [5.74, 6) is 0.827. The van der Waals surface area contributed by atoms with Gasteiger partial charge < -0.3 is 9.84 Å². The van der Waals surface area contributed by atoms with Crippen molar-refractivity contribution in [3.8, 4) is 11.5 Å². The fourth-order valence-electron chi connectivity index (χ4n) is 2.21. The summed E-state index contributed by atoms with van der Waals surface area (Å²) in [5, 5.41) is 11.3. The molecule has 0 fully saturated rings. The summed E-state index contributed by atoms with van der Waals surface area (Å²) >= 11 is 6.10. The molecule has 0 amide bonds. The van der Waals surface area contributed by atoms with Gasteiger partial charge in [-0.05, 0) is 35.9 Å². The highest BCUT2D eigenvalue weighted by molar-refractivity contribution is 6.32. The van der Waals surface area contributed by atoms with Crippen LogP contribution in [0.4, 0.5) is 0 Å². The minimum Gasteiger partial charge on any atom is -0.506 e. The molecule has 0 saturated carbocycles. The summed E-state index contributed by atoms with van der Waals surface area (Å²) in [5.41, 5.74) is 2.31. The summed E-state index contributed by atoms with van der Waals surface area (Å²) in [7, 11) is 1.59. The van der Waals surface area contributed by atoms with Gasteiger partial charge >= 0.3 is 0 Å². The van der Waals surface area contributed by atoms with Crippen molar-refractivity contribution in [3.05, 3.63) is 64.8 Å². The molecular formula is C18H14ClNO2. The van der Waals surface area contributed by atoms with Crippen LogP contribution in [-0.4, -0.2) is 17.2 Å². The summed E-state index contributed by atoms with van der Waals surface area (Å²) in [4.78, 5) is 4.45. The molecule has 0 unspecified atom stereocenters. The van der Waals surface area contributed by atoms with E-state index in [-0.39, 0.29) is 5.75 Å². The molecule has 2 aromatic carbocycles. The average molecular weight is 312 g/mol. The molecule has 0 aliphatic heterocycles. The molecule has 0 radical (unpaired) electrons. The number of hydrogen-bond acceptors (Lipinski definition) is 3. The van der Waals surface area contributed by atoms with E-state index in [2.05, 4.69) is 4.98 Å². The normalized spacial score (nSPS) is 11.2. The molecule has 0 bridgehead atoms. The Balaban J connectivity index is 1.92. The molecule has 0 saturated heterocycles. The number of ether oxygens (including phenoxy) is 1. The zero-order chi connectivity index (χ0) is 15.5. The largest absolute Gasteiger partial charge is 0.506 e. The minimum absolute atomic E-state index is 0.181. The number of aromatic hydroxyl groups is 1. The number of halogens is 1. The van der Waals surface area contributed by atoms with Gasteiger partial charge in [-0.25, -0.2) is 4.98 Å². The maximum atomic E-state index is 9.86. The lowest BCUT2D eigenvalue weighted by Crippen LogP contribution is -1.85. The van der Waals surface area contributed by atoms with Crippen LogP contribution < -0.4 is 4.74 Å². The van der Waals surface area contributed by atoms with Gasteiger partial charge in [0.25, 0.3) is 0 Å². The van der Waals surface area contributed by atoms with Crippen LogP contribution in [0.25, 0.3) is 23.1 Å². The predicted octanol–water partition coefficient (Wildman–Crippen LogP) is 4.77. The Morgan fingerprint density at radius 3 is 2.73 bits per heavy atom. The van der Waals surface area contributed by atoms with Crippen LogP contribution in [0.5, 0.6) is 11.5 Å². The molecule has 4 heteroatoms. The van der Waals surface area contributed by atoms with E-state index < -0.39 is 0 Å². The van der Waals surface area contributed by atoms with E-state index in [4.69, 9.17) is 16.3 Å². The lowest BCUT2D eigenvalue weighted by Gasteiger charge is -2.03. The van der Waals surface area contributed by atoms with E-state index in [9.17, 15) is 5.11 Å². The van der Waals surface area contributed by atoms with Gasteiger partial charge in [0, 0.05) is 5.39 Å². The number of hydrogen-bond donors (Lipinski definition) is 1. The van der Waals surface area contributed by atoms with Gasteiger partial charge in [0.05, 0.1) is 17.8 Å². The maximum absolute atomic E-state index is 9.86. The number of para-hydroxylation sites is 1. The lowest BCUT2D eigenvalue weighted by atomic mass is 10.1. The van der Waals surface area contributed by atoms with Crippen LogP contribution in [0, 0.1) is 0 Å². The number of rotatable bonds is 3. The molecule has 1 aromatic heterocycles. The van der Waals surface area contributed by atoms with E-state index in [1.807, 2.05) is 48.6 Å². The smallest absolute Gasteiger partial charge is 0.141 e. The maximum Gasteiger partial charge on any atom is 0.141 e. The van der Waals surface area contributed by atoms with Crippen molar-refractivity contribution in [2.24, 2.45) is 0 Å². The van der Waals surface area contributed by atoms with Crippen molar-refractivity contribution in [2.45, 2.75) is 0 Å². The van der Waals surface area contributed by atoms with E-state index in [0.717, 1.165) is 16.6 Å². The van der Waals surface area contributed by atoms with Crippen molar-refractivity contribution >= 4 is 34.7 Å². The molecule has 3 nitrogen and oxygen atoms in total. The number of nitrogens with zero attached hydrogens (tertiary/aromatic N) is 1. The van der Waals surface area contributed by atoms with Gasteiger partial charge in [0.1, 0.15) is 17.0 Å². The van der Waals surface area contributed by atoms with Crippen LogP contribution in [0.1, 0.15) is 11.3 Å². The molecule has 3 rings (SSSR count). The van der Waals surface area contributed by atoms with Crippen molar-refractivity contribution in [1.82, 2.24) is 4.98 Å². The number of fused-ring (bicyclic) bond motifs is 1. The summed E-state index contributed by atoms with van der Waals surface area (Å²) in [6.45, 7) is 0. The number of phenols is 1. The molecule has 1 heterocycles. The standard InChI is InChI=1S/C18H14ClNO2/c1-22-17-10-6-12(11-15(17)19)5-8-14-9-7-13-3-2-4-16(21)18(13)20-14/h2-11,21H,1H3. The predicted molar refractivity (Wildman–Crippen MR) is 90.3 cm³/mol. The lowest BCUT2D eigenvalue weighted by molar-refractivity contribution is 0.415. The average Bonchev–Trinajstić information content (AvgIpc) is 2.53. The van der Waals surface area contributed by atoms with Gasteiger partial charge in [-0.1, -0.05) is 41.9 Å². The van der Waals surface area contributed by atoms with Crippen LogP contribution in [-0.2, 0) is 0 Å². The number of methoxy groups -OCH3 is 1. The van der Waals surface area contributed by atoms with Crippen LogP contribution in [0.15, 0.2) is 48.5 Å². The monoisotopic (exact) mass is 311 g/mol. The van der Waals surface area contributed by atoms with E-state index in [0.29, 0.717) is 16.3 Å². The molecule has 3 aromatic rings. The Morgan fingerprint density at radius 1 is 1.09 bits per heavy atom. The Morgan fingerprint density at radius 2 is 1.95 bits per heavy atom. The highest BCUT2D eigenvalue weighted by Gasteiger charge is 2.02. The van der Waals surface area contributed by atoms with E-state index >= 15 is 0 Å². The highest BCUT2D eigenvalue weighted by Crippen LogP contribution is 2.26. The molecular weight excluding hydrogens is 298 g/mol. The third-order valence-corrected chi connectivity index (χ3v) is 3.64. The number of pyridine rings is 1. The van der Waals surface area contributed by atoms with Crippen molar-refractivity contribution in [3.63, 3.8) is 0 Å². The quantitative estimate of drug-likeness (QED) is 0.757. The molecule has 0 aliphatic carbocycles. The Hall–Kier alpha value is -2.52. The van der Waals surface area contributed by atoms with Crippen LogP contribution >= 0.6 is 11.6 Å².